The van der Waals surface area contributed by atoms with Crippen molar-refractivity contribution < 1.29 is 10.2 Å². The Bertz CT molecular complexity index is 406. The smallest absolute Gasteiger partial charge is 0.141 e. The molecular formula is C10H12ClN3O2. The highest BCUT2D eigenvalue weighted by molar-refractivity contribution is 6.17. The number of hydrogen-bond donors (Lipinski definition) is 3. The van der Waals surface area contributed by atoms with Crippen LogP contribution in [0.5, 0.6) is 0 Å². The van der Waals surface area contributed by atoms with Gasteiger partial charge in [0.15, 0.2) is 0 Å². The van der Waals surface area contributed by atoms with Gasteiger partial charge in [0.25, 0.3) is 0 Å². The molecule has 2 atom stereocenters. The van der Waals surface area contributed by atoms with Crippen LogP contribution in [0.15, 0.2) is 12.3 Å². The molecule has 0 bridgehead atoms. The molecule has 5 nitrogen and oxygen atoms in total. The van der Waals surface area contributed by atoms with Gasteiger partial charge in [-0.25, -0.2) is 4.98 Å². The van der Waals surface area contributed by atoms with E-state index in [2.05, 4.69) is 4.98 Å². The minimum atomic E-state index is -1.11. The molecule has 0 saturated heterocycles. The van der Waals surface area contributed by atoms with Gasteiger partial charge in [-0.1, -0.05) is 0 Å². The van der Waals surface area contributed by atoms with Crippen molar-refractivity contribution in [3.63, 3.8) is 0 Å². The Morgan fingerprint density at radius 3 is 2.81 bits per heavy atom. The van der Waals surface area contributed by atoms with Crippen molar-refractivity contribution in [2.24, 2.45) is 0 Å². The van der Waals surface area contributed by atoms with Gasteiger partial charge in [-0.2, -0.15) is 5.26 Å². The quantitative estimate of drug-likeness (QED) is 0.669. The third-order valence-corrected chi connectivity index (χ3v) is 2.39. The molecule has 1 heterocycles. The van der Waals surface area contributed by atoms with Crippen molar-refractivity contribution in [1.29, 1.82) is 5.26 Å². The van der Waals surface area contributed by atoms with E-state index < -0.39 is 12.2 Å². The molecular weight excluding hydrogens is 230 g/mol. The standard InChI is InChI=1S/C10H12ClN3O2/c11-2-1-8(15)9(16)7-3-6(4-12)10(13)14-5-7/h3,5,8-9,15-16H,1-2H2,(H2,13,14). The number of alkyl halides is 1. The first-order chi connectivity index (χ1) is 7.60. The van der Waals surface area contributed by atoms with Crippen LogP contribution in [0, 0.1) is 11.3 Å². The molecule has 0 spiro atoms. The number of halogens is 1. The summed E-state index contributed by atoms with van der Waals surface area (Å²) in [6.45, 7) is 0. The first-order valence-corrected chi connectivity index (χ1v) is 5.21. The van der Waals surface area contributed by atoms with Crippen LogP contribution in [0.4, 0.5) is 5.82 Å². The monoisotopic (exact) mass is 241 g/mol. The highest BCUT2D eigenvalue weighted by Gasteiger charge is 2.19. The molecule has 2 unspecified atom stereocenters. The van der Waals surface area contributed by atoms with Crippen LogP contribution in [0.3, 0.4) is 0 Å². The number of aliphatic hydroxyl groups is 2. The van der Waals surface area contributed by atoms with E-state index in [9.17, 15) is 10.2 Å². The van der Waals surface area contributed by atoms with E-state index in [0.29, 0.717) is 5.56 Å². The zero-order valence-electron chi connectivity index (χ0n) is 8.47. The summed E-state index contributed by atoms with van der Waals surface area (Å²) < 4.78 is 0. The fourth-order valence-corrected chi connectivity index (χ4v) is 1.46. The van der Waals surface area contributed by atoms with Gasteiger partial charge in [0, 0.05) is 17.6 Å². The van der Waals surface area contributed by atoms with Crippen LogP contribution < -0.4 is 5.73 Å². The van der Waals surface area contributed by atoms with Crippen molar-refractivity contribution in [3.8, 4) is 6.07 Å². The second-order valence-electron chi connectivity index (χ2n) is 3.30. The number of rotatable bonds is 4. The van der Waals surface area contributed by atoms with E-state index >= 15 is 0 Å². The topological polar surface area (TPSA) is 103 Å². The molecule has 0 radical (unpaired) electrons. The van der Waals surface area contributed by atoms with Crippen LogP contribution in [-0.4, -0.2) is 27.2 Å². The summed E-state index contributed by atoms with van der Waals surface area (Å²) in [6.07, 6.45) is -0.499. The molecule has 16 heavy (non-hydrogen) atoms. The average Bonchev–Trinajstić information content (AvgIpc) is 2.29. The molecule has 1 rings (SSSR count). The number of aliphatic hydroxyl groups excluding tert-OH is 2. The van der Waals surface area contributed by atoms with Gasteiger partial charge in [-0.05, 0) is 12.5 Å². The molecule has 0 fully saturated rings. The minimum absolute atomic E-state index is 0.102. The number of nitrogens with zero attached hydrogens (tertiary/aromatic N) is 2. The van der Waals surface area contributed by atoms with Crippen LogP contribution >= 0.6 is 11.6 Å². The van der Waals surface area contributed by atoms with E-state index in [1.165, 1.54) is 12.3 Å². The van der Waals surface area contributed by atoms with Gasteiger partial charge in [0.05, 0.1) is 11.7 Å². The van der Waals surface area contributed by atoms with Crippen molar-refractivity contribution in [1.82, 2.24) is 4.98 Å². The lowest BCUT2D eigenvalue weighted by molar-refractivity contribution is 0.0168. The second kappa shape index (κ2) is 5.66. The van der Waals surface area contributed by atoms with Crippen LogP contribution in [0.25, 0.3) is 0 Å². The SMILES string of the molecule is N#Cc1cc(C(O)C(O)CCCl)cnc1N. The minimum Gasteiger partial charge on any atom is -0.390 e. The number of hydrogen-bond acceptors (Lipinski definition) is 5. The van der Waals surface area contributed by atoms with E-state index in [0.717, 1.165) is 0 Å². The Labute approximate surface area is 98.1 Å². The largest absolute Gasteiger partial charge is 0.390 e. The third kappa shape index (κ3) is 2.83. The van der Waals surface area contributed by atoms with Gasteiger partial charge < -0.3 is 15.9 Å². The number of aromatic nitrogens is 1. The molecule has 0 amide bonds. The maximum absolute atomic E-state index is 9.73. The number of nitrogens with two attached hydrogens (primary N) is 1. The summed E-state index contributed by atoms with van der Waals surface area (Å²) in [6, 6.07) is 3.26. The molecule has 0 aliphatic carbocycles. The highest BCUT2D eigenvalue weighted by atomic mass is 35.5. The zero-order valence-corrected chi connectivity index (χ0v) is 9.22. The van der Waals surface area contributed by atoms with Gasteiger partial charge in [-0.3, -0.25) is 0 Å². The normalized spacial score (nSPS) is 14.1. The molecule has 4 N–H and O–H groups in total. The summed E-state index contributed by atoms with van der Waals surface area (Å²) in [5.74, 6) is 0.344. The predicted octanol–water partition coefficient (Wildman–Crippen LogP) is 0.559. The van der Waals surface area contributed by atoms with E-state index in [1.807, 2.05) is 6.07 Å². The maximum Gasteiger partial charge on any atom is 0.141 e. The first-order valence-electron chi connectivity index (χ1n) is 4.67. The Kier molecular flexibility index (Phi) is 4.50. The Balaban J connectivity index is 2.92. The highest BCUT2D eigenvalue weighted by Crippen LogP contribution is 2.21. The van der Waals surface area contributed by atoms with E-state index in [1.54, 1.807) is 0 Å². The van der Waals surface area contributed by atoms with Crippen molar-refractivity contribution in [2.75, 3.05) is 11.6 Å². The molecule has 1 aromatic rings. The number of nitriles is 1. The van der Waals surface area contributed by atoms with Gasteiger partial charge in [0.2, 0.25) is 0 Å². The number of nitrogen functional groups attached to an aromatic ring is 1. The average molecular weight is 242 g/mol. The summed E-state index contributed by atoms with van der Waals surface area (Å²) in [4.78, 5) is 3.76. The molecule has 86 valence electrons. The molecule has 1 aromatic heterocycles. The van der Waals surface area contributed by atoms with Gasteiger partial charge in [-0.15, -0.1) is 11.6 Å². The molecule has 0 aliphatic heterocycles. The number of pyridine rings is 1. The van der Waals surface area contributed by atoms with Crippen molar-refractivity contribution >= 4 is 17.4 Å². The first kappa shape index (κ1) is 12.7. The predicted molar refractivity (Wildman–Crippen MR) is 59.7 cm³/mol. The second-order valence-corrected chi connectivity index (χ2v) is 3.68. The van der Waals surface area contributed by atoms with Gasteiger partial charge >= 0.3 is 0 Å². The van der Waals surface area contributed by atoms with Crippen LogP contribution in [0.2, 0.25) is 0 Å². The fraction of sp³-hybridized carbons (Fsp3) is 0.400. The zero-order chi connectivity index (χ0) is 12.1. The lowest BCUT2D eigenvalue weighted by Gasteiger charge is -2.17. The molecule has 0 aliphatic rings. The molecule has 6 heteroatoms. The summed E-state index contributed by atoms with van der Waals surface area (Å²) in [7, 11) is 0. The van der Waals surface area contributed by atoms with E-state index in [4.69, 9.17) is 22.6 Å². The number of anilines is 1. The van der Waals surface area contributed by atoms with Crippen molar-refractivity contribution in [2.45, 2.75) is 18.6 Å². The Morgan fingerprint density at radius 2 is 2.25 bits per heavy atom. The Hall–Kier alpha value is -1.35. The maximum atomic E-state index is 9.73. The van der Waals surface area contributed by atoms with Gasteiger partial charge in [0.1, 0.15) is 18.0 Å². The van der Waals surface area contributed by atoms with E-state index in [-0.39, 0.29) is 23.7 Å². The molecule has 0 saturated carbocycles. The third-order valence-electron chi connectivity index (χ3n) is 2.17. The van der Waals surface area contributed by atoms with Crippen LogP contribution in [0.1, 0.15) is 23.7 Å². The van der Waals surface area contributed by atoms with Crippen molar-refractivity contribution in [3.05, 3.63) is 23.4 Å². The fourth-order valence-electron chi connectivity index (χ4n) is 1.23. The Morgan fingerprint density at radius 1 is 1.56 bits per heavy atom. The summed E-state index contributed by atoms with van der Waals surface area (Å²) >= 11 is 5.45. The summed E-state index contributed by atoms with van der Waals surface area (Å²) in [5, 5.41) is 28.0. The lowest BCUT2D eigenvalue weighted by Crippen LogP contribution is -2.19. The molecule has 0 aromatic carbocycles. The van der Waals surface area contributed by atoms with Crippen LogP contribution in [-0.2, 0) is 0 Å². The lowest BCUT2D eigenvalue weighted by atomic mass is 10.0. The summed E-state index contributed by atoms with van der Waals surface area (Å²) in [5.41, 5.74) is 5.96.